The molecule has 2 amide bonds. The first-order valence-electron chi connectivity index (χ1n) is 7.38. The second kappa shape index (κ2) is 7.20. The van der Waals surface area contributed by atoms with E-state index in [1.807, 2.05) is 11.8 Å². The van der Waals surface area contributed by atoms with Gasteiger partial charge in [0.15, 0.2) is 0 Å². The van der Waals surface area contributed by atoms with E-state index < -0.39 is 5.97 Å². The molecule has 2 aliphatic carbocycles. The predicted octanol–water partition coefficient (Wildman–Crippen LogP) is 2.17. The zero-order valence-corrected chi connectivity index (χ0v) is 12.8. The molecule has 20 heavy (non-hydrogen) atoms. The van der Waals surface area contributed by atoms with Gasteiger partial charge in [-0.15, -0.1) is 0 Å². The van der Waals surface area contributed by atoms with E-state index in [9.17, 15) is 9.59 Å². The van der Waals surface area contributed by atoms with Gasteiger partial charge < -0.3 is 15.3 Å². The molecule has 6 heteroatoms. The van der Waals surface area contributed by atoms with Crippen molar-refractivity contribution >= 4 is 23.8 Å². The Bertz CT molecular complexity index is 352. The van der Waals surface area contributed by atoms with Crippen LogP contribution in [0.4, 0.5) is 4.79 Å². The Hall–Kier alpha value is -0.910. The lowest BCUT2D eigenvalue weighted by atomic mass is 9.95. The fraction of sp³-hybridized carbons (Fsp3) is 0.857. The molecule has 0 saturated heterocycles. The molecular formula is C14H24N2O3S. The van der Waals surface area contributed by atoms with Gasteiger partial charge in [-0.25, -0.2) is 4.79 Å². The Labute approximate surface area is 124 Å². The lowest BCUT2D eigenvalue weighted by molar-refractivity contribution is -0.137. The number of aliphatic carboxylic acids is 1. The third kappa shape index (κ3) is 4.89. The number of hydrogen-bond donors (Lipinski definition) is 2. The summed E-state index contributed by atoms with van der Waals surface area (Å²) in [6.45, 7) is 0.390. The van der Waals surface area contributed by atoms with Gasteiger partial charge >= 0.3 is 12.0 Å². The maximum atomic E-state index is 12.2. The van der Waals surface area contributed by atoms with Crippen molar-refractivity contribution in [2.45, 2.75) is 49.8 Å². The van der Waals surface area contributed by atoms with Crippen molar-refractivity contribution in [3.8, 4) is 0 Å². The summed E-state index contributed by atoms with van der Waals surface area (Å²) >= 11 is 1.90. The van der Waals surface area contributed by atoms with Crippen molar-refractivity contribution in [3.63, 3.8) is 0 Å². The second-order valence-corrected chi connectivity index (χ2v) is 7.01. The molecule has 0 aromatic heterocycles. The Morgan fingerprint density at radius 2 is 1.85 bits per heavy atom. The summed E-state index contributed by atoms with van der Waals surface area (Å²) in [5.74, 6) is -0.431. The minimum absolute atomic E-state index is 0.192. The Morgan fingerprint density at radius 1 is 1.20 bits per heavy atom. The maximum absolute atomic E-state index is 12.2. The second-order valence-electron chi connectivity index (χ2n) is 5.88. The van der Waals surface area contributed by atoms with Gasteiger partial charge in [-0.3, -0.25) is 4.79 Å². The lowest BCUT2D eigenvalue weighted by Crippen LogP contribution is -2.48. The fourth-order valence-corrected chi connectivity index (χ4v) is 3.45. The summed E-state index contributed by atoms with van der Waals surface area (Å²) in [4.78, 5) is 24.5. The van der Waals surface area contributed by atoms with Gasteiger partial charge in [0, 0.05) is 17.8 Å². The molecule has 0 aromatic rings. The van der Waals surface area contributed by atoms with Crippen LogP contribution in [0.1, 0.15) is 38.5 Å². The molecule has 0 unspecified atom stereocenters. The van der Waals surface area contributed by atoms with Gasteiger partial charge in [-0.05, 0) is 50.7 Å². The first-order chi connectivity index (χ1) is 9.58. The van der Waals surface area contributed by atoms with E-state index in [0.29, 0.717) is 17.7 Å². The van der Waals surface area contributed by atoms with E-state index >= 15 is 0 Å². The standard InChI is InChI=1S/C14H24N2O3S/c1-20-12-6-4-11(5-7-12)15-14(19)16(9-13(17)18)8-10-2-3-10/h10-12H,2-9H2,1H3,(H,15,19)(H,17,18). The molecular weight excluding hydrogens is 276 g/mol. The van der Waals surface area contributed by atoms with Gasteiger partial charge in [0.05, 0.1) is 0 Å². The summed E-state index contributed by atoms with van der Waals surface area (Å²) in [6, 6.07) is 0.00768. The summed E-state index contributed by atoms with van der Waals surface area (Å²) in [5, 5.41) is 12.6. The molecule has 2 rings (SSSR count). The molecule has 2 saturated carbocycles. The summed E-state index contributed by atoms with van der Waals surface area (Å²) in [6.07, 6.45) is 8.63. The van der Waals surface area contributed by atoms with Crippen LogP contribution in [-0.2, 0) is 4.79 Å². The van der Waals surface area contributed by atoms with E-state index in [1.165, 1.54) is 4.90 Å². The van der Waals surface area contributed by atoms with E-state index in [4.69, 9.17) is 5.11 Å². The third-order valence-electron chi connectivity index (χ3n) is 4.12. The van der Waals surface area contributed by atoms with Crippen LogP contribution in [0.5, 0.6) is 0 Å². The minimum Gasteiger partial charge on any atom is -0.480 e. The topological polar surface area (TPSA) is 69.6 Å². The fourth-order valence-electron chi connectivity index (χ4n) is 2.70. The largest absolute Gasteiger partial charge is 0.480 e. The average Bonchev–Trinajstić information content (AvgIpc) is 3.22. The van der Waals surface area contributed by atoms with Crippen LogP contribution in [0.25, 0.3) is 0 Å². The zero-order valence-electron chi connectivity index (χ0n) is 12.0. The molecule has 114 valence electrons. The monoisotopic (exact) mass is 300 g/mol. The molecule has 2 aliphatic rings. The average molecular weight is 300 g/mol. The zero-order chi connectivity index (χ0) is 14.5. The van der Waals surface area contributed by atoms with Crippen LogP contribution in [0.15, 0.2) is 0 Å². The van der Waals surface area contributed by atoms with Crippen LogP contribution in [0, 0.1) is 5.92 Å². The molecule has 0 spiro atoms. The Morgan fingerprint density at radius 3 is 2.35 bits per heavy atom. The molecule has 0 aromatic carbocycles. The number of thioether (sulfide) groups is 1. The van der Waals surface area contributed by atoms with E-state index in [0.717, 1.165) is 38.5 Å². The van der Waals surface area contributed by atoms with Crippen molar-refractivity contribution in [1.29, 1.82) is 0 Å². The highest BCUT2D eigenvalue weighted by Gasteiger charge is 2.29. The molecule has 0 heterocycles. The number of nitrogens with zero attached hydrogens (tertiary/aromatic N) is 1. The van der Waals surface area contributed by atoms with Crippen LogP contribution in [0.3, 0.4) is 0 Å². The molecule has 5 nitrogen and oxygen atoms in total. The number of carboxylic acid groups (broad SMARTS) is 1. The van der Waals surface area contributed by atoms with Crippen molar-refractivity contribution in [1.82, 2.24) is 10.2 Å². The van der Waals surface area contributed by atoms with Crippen LogP contribution >= 0.6 is 11.8 Å². The number of carboxylic acids is 1. The van der Waals surface area contributed by atoms with Crippen molar-refractivity contribution in [2.75, 3.05) is 19.3 Å². The molecule has 0 radical (unpaired) electrons. The third-order valence-corrected chi connectivity index (χ3v) is 5.26. The normalized spacial score (nSPS) is 26.1. The number of carbonyl (C=O) groups is 2. The van der Waals surface area contributed by atoms with Crippen molar-refractivity contribution < 1.29 is 14.7 Å². The van der Waals surface area contributed by atoms with Gasteiger partial charge in [-0.2, -0.15) is 11.8 Å². The molecule has 2 N–H and O–H groups in total. The number of urea groups is 1. The molecule has 0 aliphatic heterocycles. The summed E-state index contributed by atoms with van der Waals surface area (Å²) in [5.41, 5.74) is 0. The SMILES string of the molecule is CSC1CCC(NC(=O)N(CC(=O)O)CC2CC2)CC1. The highest BCUT2D eigenvalue weighted by Crippen LogP contribution is 2.30. The first-order valence-corrected chi connectivity index (χ1v) is 8.67. The van der Waals surface area contributed by atoms with Crippen LogP contribution in [0.2, 0.25) is 0 Å². The summed E-state index contributed by atoms with van der Waals surface area (Å²) < 4.78 is 0. The van der Waals surface area contributed by atoms with Crippen molar-refractivity contribution in [2.24, 2.45) is 5.92 Å². The van der Waals surface area contributed by atoms with Crippen molar-refractivity contribution in [3.05, 3.63) is 0 Å². The summed E-state index contributed by atoms with van der Waals surface area (Å²) in [7, 11) is 0. The van der Waals surface area contributed by atoms with Gasteiger partial charge in [0.1, 0.15) is 6.54 Å². The van der Waals surface area contributed by atoms with Crippen LogP contribution in [-0.4, -0.2) is 52.6 Å². The highest BCUT2D eigenvalue weighted by atomic mass is 32.2. The number of carbonyl (C=O) groups excluding carboxylic acids is 1. The lowest BCUT2D eigenvalue weighted by Gasteiger charge is -2.30. The quantitative estimate of drug-likeness (QED) is 0.789. The number of hydrogen-bond acceptors (Lipinski definition) is 3. The first kappa shape index (κ1) is 15.5. The molecule has 0 atom stereocenters. The smallest absolute Gasteiger partial charge is 0.323 e. The highest BCUT2D eigenvalue weighted by molar-refractivity contribution is 7.99. The Balaban J connectivity index is 1.79. The number of rotatable bonds is 6. The van der Waals surface area contributed by atoms with Crippen LogP contribution < -0.4 is 5.32 Å². The predicted molar refractivity (Wildman–Crippen MR) is 80.0 cm³/mol. The number of amides is 2. The Kier molecular flexibility index (Phi) is 5.57. The molecule has 2 fully saturated rings. The van der Waals surface area contributed by atoms with Gasteiger partial charge in [-0.1, -0.05) is 0 Å². The molecule has 0 bridgehead atoms. The van der Waals surface area contributed by atoms with E-state index in [2.05, 4.69) is 11.6 Å². The van der Waals surface area contributed by atoms with E-state index in [-0.39, 0.29) is 18.6 Å². The van der Waals surface area contributed by atoms with Gasteiger partial charge in [0.2, 0.25) is 0 Å². The number of nitrogens with one attached hydrogen (secondary N) is 1. The van der Waals surface area contributed by atoms with Gasteiger partial charge in [0.25, 0.3) is 0 Å². The van der Waals surface area contributed by atoms with E-state index in [1.54, 1.807) is 0 Å². The maximum Gasteiger partial charge on any atom is 0.323 e. The minimum atomic E-state index is -0.938.